The van der Waals surface area contributed by atoms with Gasteiger partial charge >= 0.3 is 5.97 Å². The number of likely N-dealkylation sites (N-methyl/N-ethyl adjacent to an activating group) is 1. The first kappa shape index (κ1) is 24.5. The standard InChI is InChI=1S/C29H28ClN5O3/c1-29(13-26(36)37)17-35(25-6-4-3-5-23(25)29)27-24(30)14-31-28(33-27)32-20-11-19-15-34(2)9-7-21(19)22(12-20)18-8-10-38-16-18/h3-6,8,10-12,14,16H,7,9,13,15,17H2,1-2H3,(H,36,37)(H,31,32,33). The SMILES string of the molecule is CN1CCc2c(cc(Nc3ncc(Cl)c(N4CC(C)(CC(=O)O)c5ccccc54)n3)cc2-c2ccoc2)C1. The molecule has 0 aliphatic carbocycles. The predicted molar refractivity (Wildman–Crippen MR) is 148 cm³/mol. The first-order valence-corrected chi connectivity index (χ1v) is 12.9. The number of fused-ring (bicyclic) bond motifs is 2. The van der Waals surface area contributed by atoms with Crippen LogP contribution in [0.2, 0.25) is 5.02 Å². The highest BCUT2D eigenvalue weighted by atomic mass is 35.5. The van der Waals surface area contributed by atoms with Crippen LogP contribution in [-0.4, -0.2) is 46.1 Å². The third-order valence-corrected chi connectivity index (χ3v) is 7.76. The topological polar surface area (TPSA) is 94.7 Å². The Balaban J connectivity index is 1.37. The molecular weight excluding hydrogens is 502 g/mol. The van der Waals surface area contributed by atoms with Gasteiger partial charge < -0.3 is 24.6 Å². The van der Waals surface area contributed by atoms with Gasteiger partial charge in [0.05, 0.1) is 25.1 Å². The van der Waals surface area contributed by atoms with Crippen LogP contribution in [0.15, 0.2) is 65.6 Å². The van der Waals surface area contributed by atoms with Gasteiger partial charge in [0.15, 0.2) is 5.82 Å². The minimum Gasteiger partial charge on any atom is -0.481 e. The first-order chi connectivity index (χ1) is 18.3. The number of carbonyl (C=O) groups is 1. The lowest BCUT2D eigenvalue weighted by Crippen LogP contribution is -2.31. The van der Waals surface area contributed by atoms with E-state index in [1.54, 1.807) is 18.7 Å². The maximum Gasteiger partial charge on any atom is 0.304 e. The van der Waals surface area contributed by atoms with Gasteiger partial charge in [-0.15, -0.1) is 0 Å². The van der Waals surface area contributed by atoms with E-state index < -0.39 is 11.4 Å². The summed E-state index contributed by atoms with van der Waals surface area (Å²) in [6.45, 7) is 4.28. The molecule has 0 spiro atoms. The van der Waals surface area contributed by atoms with Gasteiger partial charge in [-0.2, -0.15) is 4.98 Å². The lowest BCUT2D eigenvalue weighted by atomic mass is 9.81. The van der Waals surface area contributed by atoms with E-state index in [1.165, 1.54) is 11.1 Å². The van der Waals surface area contributed by atoms with E-state index >= 15 is 0 Å². The van der Waals surface area contributed by atoms with Gasteiger partial charge in [0.25, 0.3) is 0 Å². The Morgan fingerprint density at radius 2 is 2.11 bits per heavy atom. The lowest BCUT2D eigenvalue weighted by molar-refractivity contribution is -0.138. The van der Waals surface area contributed by atoms with Gasteiger partial charge in [0.1, 0.15) is 5.02 Å². The smallest absolute Gasteiger partial charge is 0.304 e. The molecule has 0 fully saturated rings. The number of nitrogens with zero attached hydrogens (tertiary/aromatic N) is 4. The Hall–Kier alpha value is -3.88. The van der Waals surface area contributed by atoms with Crippen molar-refractivity contribution in [1.82, 2.24) is 14.9 Å². The number of carboxylic acid groups (broad SMARTS) is 1. The second-order valence-corrected chi connectivity index (χ2v) is 10.8. The molecule has 4 heterocycles. The number of nitrogens with one attached hydrogen (secondary N) is 1. The average Bonchev–Trinajstić information content (AvgIpc) is 3.51. The van der Waals surface area contributed by atoms with Crippen LogP contribution in [-0.2, 0) is 23.2 Å². The molecule has 194 valence electrons. The van der Waals surface area contributed by atoms with Crippen molar-refractivity contribution in [3.05, 3.63) is 82.9 Å². The molecule has 0 radical (unpaired) electrons. The quantitative estimate of drug-likeness (QED) is 0.314. The molecule has 2 aromatic heterocycles. The second-order valence-electron chi connectivity index (χ2n) is 10.4. The summed E-state index contributed by atoms with van der Waals surface area (Å²) in [7, 11) is 2.13. The highest BCUT2D eigenvalue weighted by Gasteiger charge is 2.42. The molecule has 0 saturated heterocycles. The molecule has 9 heteroatoms. The summed E-state index contributed by atoms with van der Waals surface area (Å²) in [6, 6.07) is 14.1. The van der Waals surface area contributed by atoms with Crippen molar-refractivity contribution in [2.75, 3.05) is 30.4 Å². The van der Waals surface area contributed by atoms with E-state index in [0.717, 1.165) is 47.6 Å². The zero-order valence-corrected chi connectivity index (χ0v) is 22.0. The number of aliphatic carboxylic acids is 1. The number of benzene rings is 2. The number of rotatable bonds is 6. The summed E-state index contributed by atoms with van der Waals surface area (Å²) in [5, 5.41) is 13.4. The summed E-state index contributed by atoms with van der Waals surface area (Å²) in [5.41, 5.74) is 6.94. The third kappa shape index (κ3) is 4.40. The molecule has 1 atom stereocenters. The Labute approximate surface area is 225 Å². The predicted octanol–water partition coefficient (Wildman–Crippen LogP) is 6.01. The summed E-state index contributed by atoms with van der Waals surface area (Å²) in [5.74, 6) is 0.112. The molecule has 4 aromatic rings. The van der Waals surface area contributed by atoms with Crippen molar-refractivity contribution in [2.24, 2.45) is 0 Å². The number of aromatic nitrogens is 2. The molecule has 38 heavy (non-hydrogen) atoms. The maximum atomic E-state index is 11.7. The average molecular weight is 530 g/mol. The zero-order chi connectivity index (χ0) is 26.4. The molecule has 0 saturated carbocycles. The second kappa shape index (κ2) is 9.45. The monoisotopic (exact) mass is 529 g/mol. The van der Waals surface area contributed by atoms with Crippen molar-refractivity contribution in [3.8, 4) is 11.1 Å². The molecule has 8 nitrogen and oxygen atoms in total. The van der Waals surface area contributed by atoms with E-state index in [-0.39, 0.29) is 6.42 Å². The van der Waals surface area contributed by atoms with Crippen molar-refractivity contribution in [1.29, 1.82) is 0 Å². The van der Waals surface area contributed by atoms with E-state index in [2.05, 4.69) is 34.4 Å². The van der Waals surface area contributed by atoms with Gasteiger partial charge in [0, 0.05) is 42.0 Å². The Morgan fingerprint density at radius 3 is 2.89 bits per heavy atom. The summed E-state index contributed by atoms with van der Waals surface area (Å²) in [6.07, 6.45) is 6.03. The van der Waals surface area contributed by atoms with Gasteiger partial charge in [-0.05, 0) is 60.0 Å². The van der Waals surface area contributed by atoms with Crippen LogP contribution >= 0.6 is 11.6 Å². The number of halogens is 1. The highest BCUT2D eigenvalue weighted by molar-refractivity contribution is 6.33. The minimum atomic E-state index is -0.841. The zero-order valence-electron chi connectivity index (χ0n) is 21.2. The van der Waals surface area contributed by atoms with E-state index in [4.69, 9.17) is 21.0 Å². The Bertz CT molecular complexity index is 1520. The maximum absolute atomic E-state index is 11.7. The number of hydrogen-bond donors (Lipinski definition) is 2. The molecule has 2 aromatic carbocycles. The molecule has 2 aliphatic rings. The van der Waals surface area contributed by atoms with Gasteiger partial charge in [0.2, 0.25) is 5.95 Å². The highest BCUT2D eigenvalue weighted by Crippen LogP contribution is 2.47. The van der Waals surface area contributed by atoms with E-state index in [1.807, 2.05) is 42.2 Å². The number of anilines is 4. The molecule has 0 bridgehead atoms. The fourth-order valence-electron chi connectivity index (χ4n) is 5.74. The van der Waals surface area contributed by atoms with Crippen LogP contribution in [0.4, 0.5) is 23.1 Å². The van der Waals surface area contributed by atoms with Crippen LogP contribution in [0.1, 0.15) is 30.0 Å². The minimum absolute atomic E-state index is 0.00861. The van der Waals surface area contributed by atoms with Gasteiger partial charge in [-0.1, -0.05) is 36.7 Å². The molecule has 2 N–H and O–H groups in total. The number of carboxylic acids is 1. The van der Waals surface area contributed by atoms with Crippen molar-refractivity contribution in [3.63, 3.8) is 0 Å². The van der Waals surface area contributed by atoms with E-state index in [9.17, 15) is 9.90 Å². The van der Waals surface area contributed by atoms with Crippen LogP contribution in [0, 0.1) is 0 Å². The molecule has 6 rings (SSSR count). The first-order valence-electron chi connectivity index (χ1n) is 12.6. The van der Waals surface area contributed by atoms with Crippen molar-refractivity contribution >= 4 is 40.7 Å². The summed E-state index contributed by atoms with van der Waals surface area (Å²) >= 11 is 6.62. The largest absolute Gasteiger partial charge is 0.481 e. The van der Waals surface area contributed by atoms with Crippen LogP contribution in [0.3, 0.4) is 0 Å². The Morgan fingerprint density at radius 1 is 1.26 bits per heavy atom. The van der Waals surface area contributed by atoms with Crippen LogP contribution < -0.4 is 10.2 Å². The molecule has 1 unspecified atom stereocenters. The van der Waals surface area contributed by atoms with E-state index in [0.29, 0.717) is 23.3 Å². The molecule has 0 amide bonds. The number of para-hydroxylation sites is 1. The fourth-order valence-corrected chi connectivity index (χ4v) is 5.93. The molecular formula is C29H28ClN5O3. The Kier molecular flexibility index (Phi) is 6.08. The van der Waals surface area contributed by atoms with Crippen molar-refractivity contribution < 1.29 is 14.3 Å². The summed E-state index contributed by atoms with van der Waals surface area (Å²) in [4.78, 5) is 25.3. The number of furan rings is 1. The van der Waals surface area contributed by atoms with Crippen LogP contribution in [0.25, 0.3) is 11.1 Å². The molecule has 2 aliphatic heterocycles. The van der Waals surface area contributed by atoms with Crippen molar-refractivity contribution in [2.45, 2.75) is 31.7 Å². The van der Waals surface area contributed by atoms with Gasteiger partial charge in [-0.25, -0.2) is 4.98 Å². The summed E-state index contributed by atoms with van der Waals surface area (Å²) < 4.78 is 5.38. The number of hydrogen-bond acceptors (Lipinski definition) is 7. The van der Waals surface area contributed by atoms with Crippen LogP contribution in [0.5, 0.6) is 0 Å². The third-order valence-electron chi connectivity index (χ3n) is 7.49. The van der Waals surface area contributed by atoms with Gasteiger partial charge in [-0.3, -0.25) is 4.79 Å². The lowest BCUT2D eigenvalue weighted by Gasteiger charge is -2.27. The fraction of sp³-hybridized carbons (Fsp3) is 0.276. The normalized spacial score (nSPS) is 18.8.